The number of rotatable bonds is 1. The van der Waals surface area contributed by atoms with Gasteiger partial charge in [0.2, 0.25) is 9.05 Å². The summed E-state index contributed by atoms with van der Waals surface area (Å²) in [4.78, 5) is 10.2. The predicted molar refractivity (Wildman–Crippen MR) is 32.8 cm³/mol. The van der Waals surface area contributed by atoms with E-state index in [1.54, 1.807) is 0 Å². The van der Waals surface area contributed by atoms with Crippen molar-refractivity contribution < 1.29 is 13.2 Å². The summed E-state index contributed by atoms with van der Waals surface area (Å²) in [5, 5.41) is -0.605. The maximum absolute atomic E-state index is 10.4. The van der Waals surface area contributed by atoms with Gasteiger partial charge in [-0.1, -0.05) is 0 Å². The average molecular weight is 169 g/mol. The van der Waals surface area contributed by atoms with Crippen LogP contribution >= 0.6 is 10.7 Å². The Morgan fingerprint density at radius 2 is 1.89 bits per heavy atom. The Bertz CT molecular complexity index is 222. The van der Waals surface area contributed by atoms with Crippen molar-refractivity contribution in [3.05, 3.63) is 0 Å². The van der Waals surface area contributed by atoms with Gasteiger partial charge in [0, 0.05) is 23.5 Å². The van der Waals surface area contributed by atoms with Gasteiger partial charge < -0.3 is 0 Å². The van der Waals surface area contributed by atoms with Crippen molar-refractivity contribution in [1.29, 1.82) is 0 Å². The minimum Gasteiger partial charge on any atom is -0.300 e. The summed E-state index contributed by atoms with van der Waals surface area (Å²) in [6, 6.07) is 0. The Hall–Kier alpha value is -0.0900. The molecular weight excluding hydrogens is 164 g/mol. The van der Waals surface area contributed by atoms with Crippen LogP contribution in [0, 0.1) is 0 Å². The lowest BCUT2D eigenvalue weighted by Crippen LogP contribution is -2.33. The Morgan fingerprint density at radius 3 is 2.00 bits per heavy atom. The summed E-state index contributed by atoms with van der Waals surface area (Å²) in [7, 11) is 1.47. The van der Waals surface area contributed by atoms with E-state index in [2.05, 4.69) is 0 Å². The van der Waals surface area contributed by atoms with Gasteiger partial charge in [0.1, 0.15) is 5.78 Å². The molecule has 0 aromatic rings. The quantitative estimate of drug-likeness (QED) is 0.529. The van der Waals surface area contributed by atoms with Gasteiger partial charge in [-0.2, -0.15) is 0 Å². The van der Waals surface area contributed by atoms with E-state index < -0.39 is 14.3 Å². The van der Waals surface area contributed by atoms with Gasteiger partial charge in [0.05, 0.1) is 5.25 Å². The highest BCUT2D eigenvalue weighted by Gasteiger charge is 2.36. The van der Waals surface area contributed by atoms with Gasteiger partial charge in [-0.15, -0.1) is 0 Å². The molecule has 1 aliphatic carbocycles. The van der Waals surface area contributed by atoms with Crippen LogP contribution in [0.1, 0.15) is 12.8 Å². The summed E-state index contributed by atoms with van der Waals surface area (Å²) in [6.07, 6.45) is 0.206. The zero-order chi connectivity index (χ0) is 7.07. The molecule has 0 saturated heterocycles. The van der Waals surface area contributed by atoms with E-state index in [1.165, 1.54) is 0 Å². The van der Waals surface area contributed by atoms with Crippen molar-refractivity contribution in [3.63, 3.8) is 0 Å². The summed E-state index contributed by atoms with van der Waals surface area (Å²) in [5.41, 5.74) is 0. The number of hydrogen-bond acceptors (Lipinski definition) is 3. The van der Waals surface area contributed by atoms with Gasteiger partial charge in [0.25, 0.3) is 0 Å². The van der Waals surface area contributed by atoms with Crippen molar-refractivity contribution in [2.45, 2.75) is 18.1 Å². The standard InChI is InChI=1S/C4H5ClO3S/c5-9(7,8)4-1-3(6)2-4/h4H,1-2H2. The third-order valence-corrected chi connectivity index (χ3v) is 3.19. The van der Waals surface area contributed by atoms with E-state index in [9.17, 15) is 13.2 Å². The summed E-state index contributed by atoms with van der Waals surface area (Å²) < 4.78 is 20.7. The number of carbonyl (C=O) groups is 1. The first-order valence-electron chi connectivity index (χ1n) is 2.45. The fraction of sp³-hybridized carbons (Fsp3) is 0.750. The second-order valence-electron chi connectivity index (χ2n) is 2.04. The minimum atomic E-state index is -3.45. The first-order valence-corrected chi connectivity index (χ1v) is 4.82. The molecule has 0 radical (unpaired) electrons. The summed E-state index contributed by atoms with van der Waals surface area (Å²) in [6.45, 7) is 0. The minimum absolute atomic E-state index is 0.0239. The van der Waals surface area contributed by atoms with Crippen molar-refractivity contribution in [1.82, 2.24) is 0 Å². The molecule has 0 aromatic heterocycles. The monoisotopic (exact) mass is 168 g/mol. The highest BCUT2D eigenvalue weighted by atomic mass is 35.7. The second-order valence-corrected chi connectivity index (χ2v) is 4.95. The Balaban J connectivity index is 2.61. The lowest BCUT2D eigenvalue weighted by atomic mass is 9.98. The van der Waals surface area contributed by atoms with Crippen molar-refractivity contribution in [2.24, 2.45) is 0 Å². The molecule has 1 rings (SSSR count). The van der Waals surface area contributed by atoms with Crippen LogP contribution in [0.15, 0.2) is 0 Å². The van der Waals surface area contributed by atoms with Crippen LogP contribution in [0.2, 0.25) is 0 Å². The van der Waals surface area contributed by atoms with Crippen LogP contribution in [0.5, 0.6) is 0 Å². The number of hydrogen-bond donors (Lipinski definition) is 0. The molecule has 0 spiro atoms. The lowest BCUT2D eigenvalue weighted by Gasteiger charge is -2.19. The molecule has 0 N–H and O–H groups in total. The van der Waals surface area contributed by atoms with Gasteiger partial charge in [0.15, 0.2) is 0 Å². The molecular formula is C4H5ClO3S. The highest BCUT2D eigenvalue weighted by Crippen LogP contribution is 2.25. The van der Waals surface area contributed by atoms with Crippen molar-refractivity contribution >= 4 is 25.5 Å². The van der Waals surface area contributed by atoms with E-state index in [-0.39, 0.29) is 18.6 Å². The molecule has 9 heavy (non-hydrogen) atoms. The van der Waals surface area contributed by atoms with E-state index >= 15 is 0 Å². The molecule has 1 saturated carbocycles. The summed E-state index contributed by atoms with van der Waals surface area (Å²) >= 11 is 0. The largest absolute Gasteiger partial charge is 0.300 e. The van der Waals surface area contributed by atoms with Gasteiger partial charge in [-0.05, 0) is 0 Å². The SMILES string of the molecule is O=C1CC(S(=O)(=O)Cl)C1. The smallest absolute Gasteiger partial charge is 0.236 e. The van der Waals surface area contributed by atoms with Crippen LogP contribution in [-0.2, 0) is 13.8 Å². The van der Waals surface area contributed by atoms with Crippen LogP contribution in [0.4, 0.5) is 0 Å². The number of carbonyl (C=O) groups excluding carboxylic acids is 1. The number of ketones is 1. The van der Waals surface area contributed by atoms with Crippen LogP contribution in [-0.4, -0.2) is 19.5 Å². The molecule has 1 aliphatic rings. The fourth-order valence-corrected chi connectivity index (χ4v) is 1.80. The zero-order valence-electron chi connectivity index (χ0n) is 4.50. The first-order chi connectivity index (χ1) is 4.00. The molecule has 52 valence electrons. The van der Waals surface area contributed by atoms with Crippen LogP contribution < -0.4 is 0 Å². The van der Waals surface area contributed by atoms with Gasteiger partial charge in [-0.25, -0.2) is 8.42 Å². The predicted octanol–water partition coefficient (Wildman–Crippen LogP) is 0.286. The van der Waals surface area contributed by atoms with Crippen molar-refractivity contribution in [3.8, 4) is 0 Å². The molecule has 0 atom stereocenters. The molecule has 0 aromatic carbocycles. The average Bonchev–Trinajstić information content (AvgIpc) is 1.55. The lowest BCUT2D eigenvalue weighted by molar-refractivity contribution is -0.123. The van der Waals surface area contributed by atoms with Gasteiger partial charge in [-0.3, -0.25) is 4.79 Å². The fourth-order valence-electron chi connectivity index (χ4n) is 0.647. The van der Waals surface area contributed by atoms with E-state index in [0.29, 0.717) is 0 Å². The van der Waals surface area contributed by atoms with Crippen LogP contribution in [0.25, 0.3) is 0 Å². The third-order valence-electron chi connectivity index (χ3n) is 1.31. The molecule has 0 aliphatic heterocycles. The number of halogens is 1. The maximum Gasteiger partial charge on any atom is 0.236 e. The normalized spacial score (nSPS) is 21.7. The first kappa shape index (κ1) is 7.02. The third kappa shape index (κ3) is 1.43. The van der Waals surface area contributed by atoms with E-state index in [4.69, 9.17) is 10.7 Å². The van der Waals surface area contributed by atoms with Crippen LogP contribution in [0.3, 0.4) is 0 Å². The van der Waals surface area contributed by atoms with E-state index in [1.807, 2.05) is 0 Å². The maximum atomic E-state index is 10.4. The topological polar surface area (TPSA) is 51.2 Å². The Kier molecular flexibility index (Phi) is 1.52. The highest BCUT2D eigenvalue weighted by molar-refractivity contribution is 8.14. The molecule has 1 fully saturated rings. The van der Waals surface area contributed by atoms with Gasteiger partial charge >= 0.3 is 0 Å². The Morgan fingerprint density at radius 1 is 1.44 bits per heavy atom. The number of Topliss-reactive ketones (excluding diaryl/α,β-unsaturated/α-hetero) is 1. The zero-order valence-corrected chi connectivity index (χ0v) is 6.07. The molecule has 0 heterocycles. The molecule has 0 amide bonds. The van der Waals surface area contributed by atoms with E-state index in [0.717, 1.165) is 0 Å². The molecule has 0 unspecified atom stereocenters. The molecule has 3 nitrogen and oxygen atoms in total. The molecule has 0 bridgehead atoms. The molecule has 5 heteroatoms. The summed E-state index contributed by atoms with van der Waals surface area (Å²) in [5.74, 6) is -0.0239. The second kappa shape index (κ2) is 1.95. The van der Waals surface area contributed by atoms with Crippen molar-refractivity contribution in [2.75, 3.05) is 0 Å². The Labute approximate surface area is 57.4 Å².